The average Bonchev–Trinajstić information content (AvgIpc) is 3.22. The molecular formula is C24H26F2N4O3. The van der Waals surface area contributed by atoms with Crippen LogP contribution in [0.1, 0.15) is 49.3 Å². The smallest absolute Gasteiger partial charge is 0.254 e. The molecule has 0 aliphatic carbocycles. The predicted octanol–water partition coefficient (Wildman–Crippen LogP) is 3.50. The zero-order chi connectivity index (χ0) is 24.3. The van der Waals surface area contributed by atoms with E-state index in [1.165, 1.54) is 19.1 Å². The molecule has 2 atom stereocenters. The summed E-state index contributed by atoms with van der Waals surface area (Å²) in [6, 6.07) is 10.7. The molecule has 1 aromatic heterocycles. The average molecular weight is 456 g/mol. The summed E-state index contributed by atoms with van der Waals surface area (Å²) in [7, 11) is 0. The molecule has 4 N–H and O–H groups in total. The van der Waals surface area contributed by atoms with E-state index in [4.69, 9.17) is 0 Å². The lowest BCUT2D eigenvalue weighted by Crippen LogP contribution is -2.43. The Bertz CT molecular complexity index is 1140. The van der Waals surface area contributed by atoms with Crippen LogP contribution in [0.4, 0.5) is 14.6 Å². The van der Waals surface area contributed by atoms with Crippen molar-refractivity contribution >= 4 is 17.6 Å². The van der Waals surface area contributed by atoms with Gasteiger partial charge in [0.05, 0.1) is 0 Å². The number of amides is 2. The number of benzene rings is 2. The van der Waals surface area contributed by atoms with Gasteiger partial charge in [0, 0.05) is 23.2 Å². The van der Waals surface area contributed by atoms with Crippen molar-refractivity contribution in [1.29, 1.82) is 0 Å². The number of aromatic amines is 1. The number of aliphatic hydroxyl groups excluding tert-OH is 1. The van der Waals surface area contributed by atoms with E-state index < -0.39 is 41.0 Å². The summed E-state index contributed by atoms with van der Waals surface area (Å²) >= 11 is 0. The van der Waals surface area contributed by atoms with E-state index in [1.807, 2.05) is 6.92 Å². The lowest BCUT2D eigenvalue weighted by molar-refractivity contribution is -0.132. The molecule has 0 saturated carbocycles. The number of H-pyrrole nitrogens is 1. The normalized spacial score (nSPS) is 13.3. The number of carbonyl (C=O) groups is 2. The fourth-order valence-electron chi connectivity index (χ4n) is 3.27. The lowest BCUT2D eigenvalue weighted by atomic mass is 9.81. The van der Waals surface area contributed by atoms with Crippen molar-refractivity contribution in [3.05, 3.63) is 82.5 Å². The van der Waals surface area contributed by atoms with Gasteiger partial charge in [-0.25, -0.2) is 8.78 Å². The Kier molecular flexibility index (Phi) is 6.92. The second-order valence-electron chi connectivity index (χ2n) is 8.48. The number of carbonyl (C=O) groups excluding carboxylic acids is 2. The zero-order valence-corrected chi connectivity index (χ0v) is 18.7. The number of hydrogen-bond acceptors (Lipinski definition) is 4. The van der Waals surface area contributed by atoms with Crippen LogP contribution in [0.25, 0.3) is 0 Å². The Morgan fingerprint density at radius 2 is 1.64 bits per heavy atom. The first-order chi connectivity index (χ1) is 15.5. The molecule has 0 spiro atoms. The first-order valence-corrected chi connectivity index (χ1v) is 10.4. The van der Waals surface area contributed by atoms with E-state index in [2.05, 4.69) is 20.8 Å². The summed E-state index contributed by atoms with van der Waals surface area (Å²) in [5, 5.41) is 22.1. The van der Waals surface area contributed by atoms with Crippen LogP contribution in [0.2, 0.25) is 0 Å². The van der Waals surface area contributed by atoms with Gasteiger partial charge >= 0.3 is 0 Å². The highest BCUT2D eigenvalue weighted by Gasteiger charge is 2.28. The summed E-state index contributed by atoms with van der Waals surface area (Å²) in [4.78, 5) is 24.8. The summed E-state index contributed by atoms with van der Waals surface area (Å²) in [6.07, 6.45) is -1.41. The van der Waals surface area contributed by atoms with Gasteiger partial charge in [-0.3, -0.25) is 14.7 Å². The molecule has 3 aromatic rings. The molecule has 2 unspecified atom stereocenters. The fraction of sp³-hybridized carbons (Fsp3) is 0.292. The number of halogens is 2. The van der Waals surface area contributed by atoms with Gasteiger partial charge in [0.1, 0.15) is 17.7 Å². The maximum atomic E-state index is 13.7. The monoisotopic (exact) mass is 456 g/mol. The number of aromatic nitrogens is 2. The minimum absolute atomic E-state index is 0.181. The third kappa shape index (κ3) is 5.61. The maximum Gasteiger partial charge on any atom is 0.254 e. The highest BCUT2D eigenvalue weighted by molar-refractivity contribution is 5.97. The molecule has 2 amide bonds. The minimum Gasteiger partial charge on any atom is -0.378 e. The highest BCUT2D eigenvalue weighted by Crippen LogP contribution is 2.32. The van der Waals surface area contributed by atoms with Crippen molar-refractivity contribution in [1.82, 2.24) is 15.5 Å². The number of nitrogens with zero attached hydrogens (tertiary/aromatic N) is 1. The Morgan fingerprint density at radius 1 is 1.03 bits per heavy atom. The number of hydrogen-bond donors (Lipinski definition) is 4. The largest absolute Gasteiger partial charge is 0.378 e. The van der Waals surface area contributed by atoms with E-state index in [-0.39, 0.29) is 5.82 Å². The van der Waals surface area contributed by atoms with Gasteiger partial charge in [0.2, 0.25) is 5.91 Å². The third-order valence-electron chi connectivity index (χ3n) is 5.48. The molecule has 0 saturated heterocycles. The Balaban J connectivity index is 1.64. The van der Waals surface area contributed by atoms with Crippen molar-refractivity contribution in [2.45, 2.75) is 45.3 Å². The summed E-state index contributed by atoms with van der Waals surface area (Å²) in [6.45, 7) is 6.88. The van der Waals surface area contributed by atoms with E-state index in [1.54, 1.807) is 44.2 Å². The molecule has 0 bridgehead atoms. The number of nitrogens with one attached hydrogen (secondary N) is 3. The second kappa shape index (κ2) is 9.50. The van der Waals surface area contributed by atoms with Crippen LogP contribution in [0.3, 0.4) is 0 Å². The summed E-state index contributed by atoms with van der Waals surface area (Å²) in [5.74, 6) is -2.46. The molecule has 1 heterocycles. The molecule has 3 rings (SSSR count). The van der Waals surface area contributed by atoms with E-state index in [0.29, 0.717) is 16.8 Å². The van der Waals surface area contributed by atoms with E-state index >= 15 is 0 Å². The predicted molar refractivity (Wildman–Crippen MR) is 119 cm³/mol. The summed E-state index contributed by atoms with van der Waals surface area (Å²) in [5.41, 5.74) is 1.50. The van der Waals surface area contributed by atoms with Crippen molar-refractivity contribution in [3.63, 3.8) is 0 Å². The molecule has 0 radical (unpaired) electrons. The molecule has 174 valence electrons. The van der Waals surface area contributed by atoms with Gasteiger partial charge in [-0.15, -0.1) is 0 Å². The van der Waals surface area contributed by atoms with Gasteiger partial charge in [0.25, 0.3) is 5.91 Å². The van der Waals surface area contributed by atoms with Gasteiger partial charge in [0.15, 0.2) is 11.9 Å². The first-order valence-electron chi connectivity index (χ1n) is 10.4. The van der Waals surface area contributed by atoms with Crippen molar-refractivity contribution < 1.29 is 23.5 Å². The van der Waals surface area contributed by atoms with Crippen LogP contribution in [-0.2, 0) is 15.0 Å². The van der Waals surface area contributed by atoms with Crippen molar-refractivity contribution in [3.8, 4) is 0 Å². The van der Waals surface area contributed by atoms with Crippen LogP contribution >= 0.6 is 0 Å². The molecule has 0 fully saturated rings. The van der Waals surface area contributed by atoms with Crippen LogP contribution in [0.15, 0.2) is 48.5 Å². The van der Waals surface area contributed by atoms with Gasteiger partial charge in [-0.1, -0.05) is 43.7 Å². The summed E-state index contributed by atoms with van der Waals surface area (Å²) < 4.78 is 27.3. The van der Waals surface area contributed by atoms with Crippen molar-refractivity contribution in [2.24, 2.45) is 0 Å². The molecule has 33 heavy (non-hydrogen) atoms. The van der Waals surface area contributed by atoms with Crippen LogP contribution in [-0.4, -0.2) is 33.2 Å². The molecule has 2 aromatic carbocycles. The molecule has 7 nitrogen and oxygen atoms in total. The number of rotatable bonds is 7. The first kappa shape index (κ1) is 24.1. The van der Waals surface area contributed by atoms with E-state index in [9.17, 15) is 23.5 Å². The molecule has 0 aliphatic rings. The quantitative estimate of drug-likeness (QED) is 0.437. The van der Waals surface area contributed by atoms with Gasteiger partial charge < -0.3 is 15.7 Å². The fourth-order valence-corrected chi connectivity index (χ4v) is 3.27. The van der Waals surface area contributed by atoms with Gasteiger partial charge in [-0.05, 0) is 37.1 Å². The third-order valence-corrected chi connectivity index (χ3v) is 5.48. The Hall–Kier alpha value is -3.59. The Labute approximate surface area is 190 Å². The zero-order valence-electron chi connectivity index (χ0n) is 18.7. The molecule has 0 aliphatic heterocycles. The van der Waals surface area contributed by atoms with Crippen molar-refractivity contribution in [2.75, 3.05) is 5.32 Å². The standard InChI is InChI=1S/C24H26F2N4O3/c1-13-5-7-15(8-6-13)21(31)23(33)27-14(2)22(32)28-20-12-19(29-30-20)24(3,4)16-9-17(25)11-18(26)10-16/h5-12,14,21,31H,1-4H3,(H,27,33)(H2,28,29,30,32). The molecular weight excluding hydrogens is 430 g/mol. The topological polar surface area (TPSA) is 107 Å². The maximum absolute atomic E-state index is 13.7. The highest BCUT2D eigenvalue weighted by atomic mass is 19.1. The number of aliphatic hydroxyl groups is 1. The number of anilines is 1. The minimum atomic E-state index is -1.41. The van der Waals surface area contributed by atoms with Crippen LogP contribution in [0, 0.1) is 18.6 Å². The second-order valence-corrected chi connectivity index (χ2v) is 8.48. The van der Waals surface area contributed by atoms with E-state index in [0.717, 1.165) is 11.6 Å². The van der Waals surface area contributed by atoms with Crippen LogP contribution in [0.5, 0.6) is 0 Å². The van der Waals surface area contributed by atoms with Gasteiger partial charge in [-0.2, -0.15) is 5.10 Å². The Morgan fingerprint density at radius 3 is 2.24 bits per heavy atom. The lowest BCUT2D eigenvalue weighted by Gasteiger charge is -2.23. The van der Waals surface area contributed by atoms with Crippen LogP contribution < -0.4 is 10.6 Å². The SMILES string of the molecule is Cc1ccc(C(O)C(=O)NC(C)C(=O)Nc2cc(C(C)(C)c3cc(F)cc(F)c3)[nH]n2)cc1. The number of aryl methyl sites for hydroxylation is 1. The molecule has 9 heteroatoms.